The van der Waals surface area contributed by atoms with Crippen LogP contribution >= 0.6 is 0 Å². The van der Waals surface area contributed by atoms with Crippen LogP contribution in [-0.2, 0) is 9.53 Å². The number of benzene rings is 2. The summed E-state index contributed by atoms with van der Waals surface area (Å²) in [4.78, 5) is 36.6. The van der Waals surface area contributed by atoms with E-state index in [0.29, 0.717) is 50.4 Å². The van der Waals surface area contributed by atoms with Crippen molar-refractivity contribution < 1.29 is 18.7 Å². The Labute approximate surface area is 263 Å². The van der Waals surface area contributed by atoms with Crippen molar-refractivity contribution in [3.05, 3.63) is 101 Å². The summed E-state index contributed by atoms with van der Waals surface area (Å²) in [6.45, 7) is 7.99. The summed E-state index contributed by atoms with van der Waals surface area (Å²) in [5.74, 6) is -0.236. The molecule has 1 saturated carbocycles. The normalized spacial score (nSPS) is 20.2. The second kappa shape index (κ2) is 12.0. The van der Waals surface area contributed by atoms with Crippen molar-refractivity contribution >= 4 is 23.1 Å². The molecule has 8 nitrogen and oxygen atoms in total. The monoisotopic (exact) mass is 609 g/mol. The van der Waals surface area contributed by atoms with E-state index in [1.165, 1.54) is 23.3 Å². The smallest absolute Gasteiger partial charge is 0.253 e. The lowest BCUT2D eigenvalue weighted by molar-refractivity contribution is -0.150. The van der Waals surface area contributed by atoms with E-state index in [4.69, 9.17) is 4.74 Å². The van der Waals surface area contributed by atoms with Crippen molar-refractivity contribution in [1.82, 2.24) is 20.1 Å². The highest BCUT2D eigenvalue weighted by atomic mass is 19.1. The summed E-state index contributed by atoms with van der Waals surface area (Å²) in [6, 6.07) is 16.9. The van der Waals surface area contributed by atoms with E-state index < -0.39 is 0 Å². The van der Waals surface area contributed by atoms with Gasteiger partial charge in [0.1, 0.15) is 5.82 Å². The van der Waals surface area contributed by atoms with E-state index >= 15 is 0 Å². The molecule has 4 aliphatic rings. The van der Waals surface area contributed by atoms with Crippen molar-refractivity contribution in [2.45, 2.75) is 25.8 Å². The van der Waals surface area contributed by atoms with Gasteiger partial charge in [-0.15, -0.1) is 0 Å². The van der Waals surface area contributed by atoms with Crippen molar-refractivity contribution in [2.24, 2.45) is 11.3 Å². The number of nitrogens with one attached hydrogen (secondary N) is 1. The van der Waals surface area contributed by atoms with Crippen molar-refractivity contribution in [1.29, 1.82) is 0 Å². The Balaban J connectivity index is 1.00. The zero-order chi connectivity index (χ0) is 31.1. The molecule has 7 rings (SSSR count). The number of piperazine rings is 1. The Morgan fingerprint density at radius 1 is 0.933 bits per heavy atom. The minimum Gasteiger partial charge on any atom is -0.380 e. The molecule has 4 heterocycles. The third-order valence-electron chi connectivity index (χ3n) is 9.85. The molecule has 2 amide bonds. The SMILES string of the molecule is C[C@@H](NC(=O)c1cncc(N2CCN(C(=O)C3COC3)CC2)c1)c1ccc(C(=C2CC3(C2)CN(C)C3)c2ccc(F)cc2)cc1. The average Bonchev–Trinajstić information content (AvgIpc) is 2.99. The van der Waals surface area contributed by atoms with E-state index in [1.54, 1.807) is 12.4 Å². The number of likely N-dealkylation sites (tertiary alicyclic amines) is 1. The van der Waals surface area contributed by atoms with Crippen LogP contribution in [0.3, 0.4) is 0 Å². The van der Waals surface area contributed by atoms with Gasteiger partial charge in [-0.3, -0.25) is 14.6 Å². The first-order valence-corrected chi connectivity index (χ1v) is 15.9. The number of rotatable bonds is 7. The number of carbonyl (C=O) groups is 2. The molecule has 1 aromatic heterocycles. The van der Waals surface area contributed by atoms with Crippen LogP contribution in [0, 0.1) is 17.2 Å². The van der Waals surface area contributed by atoms with E-state index in [9.17, 15) is 14.0 Å². The van der Waals surface area contributed by atoms with Gasteiger partial charge in [-0.25, -0.2) is 4.39 Å². The molecule has 3 aromatic rings. The highest BCUT2D eigenvalue weighted by Crippen LogP contribution is 2.54. The van der Waals surface area contributed by atoms with Gasteiger partial charge < -0.3 is 24.8 Å². The second-order valence-electron chi connectivity index (χ2n) is 13.3. The molecule has 0 unspecified atom stereocenters. The summed E-state index contributed by atoms with van der Waals surface area (Å²) >= 11 is 0. The predicted molar refractivity (Wildman–Crippen MR) is 171 cm³/mol. The van der Waals surface area contributed by atoms with Gasteiger partial charge in [-0.2, -0.15) is 0 Å². The Bertz CT molecular complexity index is 1590. The van der Waals surface area contributed by atoms with E-state index in [-0.39, 0.29) is 29.6 Å². The van der Waals surface area contributed by atoms with Crippen LogP contribution in [0.25, 0.3) is 5.57 Å². The molecular weight excluding hydrogens is 569 g/mol. The molecule has 0 radical (unpaired) electrons. The fraction of sp³-hybridized carbons (Fsp3) is 0.417. The Morgan fingerprint density at radius 2 is 1.58 bits per heavy atom. The fourth-order valence-electron chi connectivity index (χ4n) is 7.39. The first-order chi connectivity index (χ1) is 21.8. The quantitative estimate of drug-likeness (QED) is 0.424. The average molecular weight is 610 g/mol. The number of nitrogens with zero attached hydrogens (tertiary/aromatic N) is 4. The van der Waals surface area contributed by atoms with Crippen LogP contribution < -0.4 is 10.2 Å². The zero-order valence-electron chi connectivity index (χ0n) is 26.0. The van der Waals surface area contributed by atoms with Crippen LogP contribution in [-0.4, -0.2) is 86.1 Å². The molecule has 234 valence electrons. The maximum atomic E-state index is 13.8. The lowest BCUT2D eigenvalue weighted by atomic mass is 9.59. The van der Waals surface area contributed by atoms with Crippen LogP contribution in [0.4, 0.5) is 10.1 Å². The molecule has 1 aliphatic carbocycles. The Morgan fingerprint density at radius 3 is 2.18 bits per heavy atom. The van der Waals surface area contributed by atoms with Gasteiger partial charge in [0.25, 0.3) is 5.91 Å². The summed E-state index contributed by atoms with van der Waals surface area (Å²) in [6.07, 6.45) is 5.53. The van der Waals surface area contributed by atoms with Gasteiger partial charge in [0.05, 0.1) is 42.6 Å². The van der Waals surface area contributed by atoms with Crippen LogP contribution in [0.1, 0.15) is 52.9 Å². The molecule has 3 saturated heterocycles. The number of hydrogen-bond donors (Lipinski definition) is 1. The number of carbonyl (C=O) groups excluding carboxylic acids is 2. The summed E-state index contributed by atoms with van der Waals surface area (Å²) < 4.78 is 18.9. The molecule has 45 heavy (non-hydrogen) atoms. The second-order valence-corrected chi connectivity index (χ2v) is 13.3. The molecule has 3 aliphatic heterocycles. The minimum atomic E-state index is -0.233. The fourth-order valence-corrected chi connectivity index (χ4v) is 7.39. The van der Waals surface area contributed by atoms with Crippen LogP contribution in [0.2, 0.25) is 0 Å². The van der Waals surface area contributed by atoms with Gasteiger partial charge >= 0.3 is 0 Å². The lowest BCUT2D eigenvalue weighted by Gasteiger charge is -2.56. The lowest BCUT2D eigenvalue weighted by Crippen LogP contribution is -2.58. The first kappa shape index (κ1) is 29.6. The van der Waals surface area contributed by atoms with E-state index in [2.05, 4.69) is 51.4 Å². The zero-order valence-corrected chi connectivity index (χ0v) is 26.0. The van der Waals surface area contributed by atoms with Gasteiger partial charge in [0.2, 0.25) is 5.91 Å². The standard InChI is InChI=1S/C36H40FN5O3/c1-24(39-34(43)28-15-32(19-38-18-28)41-11-13-42(14-12-41)35(44)30-20-45-21-30)25-3-5-26(6-4-25)33(27-7-9-31(37)10-8-27)29-16-36(17-29)22-40(2)23-36/h3-10,15,18-19,24,30H,11-14,16-17,20-23H2,1-2H3,(H,39,43)/t24-/m1/s1. The molecule has 1 N–H and O–H groups in total. The third kappa shape index (κ3) is 5.99. The van der Waals surface area contributed by atoms with Gasteiger partial charge in [0, 0.05) is 50.9 Å². The van der Waals surface area contributed by atoms with Gasteiger partial charge in [0.15, 0.2) is 0 Å². The number of ether oxygens (including phenoxy) is 1. The molecule has 4 fully saturated rings. The minimum absolute atomic E-state index is 0.00191. The van der Waals surface area contributed by atoms with Crippen molar-refractivity contribution in [3.8, 4) is 0 Å². The third-order valence-corrected chi connectivity index (χ3v) is 9.85. The summed E-state index contributed by atoms with van der Waals surface area (Å²) in [7, 11) is 2.17. The summed E-state index contributed by atoms with van der Waals surface area (Å²) in [5.41, 5.74) is 7.57. The highest BCUT2D eigenvalue weighted by Gasteiger charge is 2.49. The predicted octanol–water partition coefficient (Wildman–Crippen LogP) is 4.53. The molecule has 1 atom stereocenters. The number of amides is 2. The number of anilines is 1. The molecule has 2 aromatic carbocycles. The van der Waals surface area contributed by atoms with Crippen LogP contribution in [0.15, 0.2) is 72.6 Å². The topological polar surface area (TPSA) is 78.0 Å². The maximum absolute atomic E-state index is 13.8. The highest BCUT2D eigenvalue weighted by molar-refractivity contribution is 5.95. The van der Waals surface area contributed by atoms with Gasteiger partial charge in [-0.1, -0.05) is 42.0 Å². The Hall–Kier alpha value is -4.08. The maximum Gasteiger partial charge on any atom is 0.253 e. The largest absolute Gasteiger partial charge is 0.380 e. The number of pyridine rings is 1. The van der Waals surface area contributed by atoms with Crippen molar-refractivity contribution in [2.75, 3.05) is 64.4 Å². The number of hydrogen-bond acceptors (Lipinski definition) is 6. The van der Waals surface area contributed by atoms with Crippen molar-refractivity contribution in [3.63, 3.8) is 0 Å². The summed E-state index contributed by atoms with van der Waals surface area (Å²) in [5, 5.41) is 3.13. The van der Waals surface area contributed by atoms with Gasteiger partial charge in [-0.05, 0) is 67.3 Å². The number of allylic oxidation sites excluding steroid dienone is 1. The molecule has 0 bridgehead atoms. The van der Waals surface area contributed by atoms with E-state index in [0.717, 1.165) is 48.3 Å². The number of aromatic nitrogens is 1. The molecule has 1 spiro atoms. The Kier molecular flexibility index (Phi) is 7.91. The number of halogens is 1. The molecule has 9 heteroatoms. The molecular formula is C36H40FN5O3. The van der Waals surface area contributed by atoms with Crippen LogP contribution in [0.5, 0.6) is 0 Å². The first-order valence-electron chi connectivity index (χ1n) is 15.9. The van der Waals surface area contributed by atoms with E-state index in [1.807, 2.05) is 30.0 Å².